The van der Waals surface area contributed by atoms with E-state index < -0.39 is 0 Å². The molecule has 0 unspecified atom stereocenters. The van der Waals surface area contributed by atoms with Crippen molar-refractivity contribution in [3.8, 4) is 17.1 Å². The van der Waals surface area contributed by atoms with Crippen molar-refractivity contribution in [1.29, 1.82) is 0 Å². The summed E-state index contributed by atoms with van der Waals surface area (Å²) in [4.78, 5) is 8.26. The fourth-order valence-corrected chi connectivity index (χ4v) is 2.81. The highest BCUT2D eigenvalue weighted by Crippen LogP contribution is 2.21. The van der Waals surface area contributed by atoms with Crippen LogP contribution in [0.15, 0.2) is 59.6 Å². The molecule has 0 amide bonds. The highest BCUT2D eigenvalue weighted by atomic mass is 16.5. The average Bonchev–Trinajstić information content (AvgIpc) is 3.32. The molecule has 7 nitrogen and oxygen atoms in total. The maximum absolute atomic E-state index is 5.05. The van der Waals surface area contributed by atoms with Crippen LogP contribution in [0.4, 0.5) is 5.69 Å². The van der Waals surface area contributed by atoms with E-state index >= 15 is 0 Å². The Bertz CT molecular complexity index is 1020. The van der Waals surface area contributed by atoms with Gasteiger partial charge in [0, 0.05) is 24.7 Å². The molecular formula is C19H18N6O. The molecule has 26 heavy (non-hydrogen) atoms. The lowest BCUT2D eigenvalue weighted by Crippen LogP contribution is -2.02. The summed E-state index contributed by atoms with van der Waals surface area (Å²) < 4.78 is 6.82. The number of rotatable bonds is 5. The Hall–Kier alpha value is -3.48. The Morgan fingerprint density at radius 3 is 2.77 bits per heavy atom. The number of hydrogen-bond donors (Lipinski definition) is 1. The fourth-order valence-electron chi connectivity index (χ4n) is 2.81. The summed E-state index contributed by atoms with van der Waals surface area (Å²) in [7, 11) is 0. The lowest BCUT2D eigenvalue weighted by molar-refractivity contribution is 0.394. The van der Waals surface area contributed by atoms with Crippen LogP contribution in [0.3, 0.4) is 0 Å². The van der Waals surface area contributed by atoms with E-state index in [-0.39, 0.29) is 0 Å². The van der Waals surface area contributed by atoms with E-state index in [4.69, 9.17) is 4.52 Å². The molecule has 0 fully saturated rings. The van der Waals surface area contributed by atoms with Gasteiger partial charge in [0.05, 0.1) is 5.69 Å². The van der Waals surface area contributed by atoms with Crippen molar-refractivity contribution < 1.29 is 4.52 Å². The summed E-state index contributed by atoms with van der Waals surface area (Å²) in [5, 5.41) is 11.6. The number of hydrogen-bond acceptors (Lipinski definition) is 6. The second kappa shape index (κ2) is 6.79. The molecule has 0 bridgehead atoms. The molecule has 0 aliphatic carbocycles. The quantitative estimate of drug-likeness (QED) is 0.595. The zero-order chi connectivity index (χ0) is 17.9. The largest absolute Gasteiger partial charge is 0.381 e. The maximum Gasteiger partial charge on any atom is 0.223 e. The minimum Gasteiger partial charge on any atom is -0.381 e. The first-order chi connectivity index (χ1) is 12.7. The van der Waals surface area contributed by atoms with E-state index in [0.717, 1.165) is 22.5 Å². The molecule has 0 saturated carbocycles. The number of nitrogens with zero attached hydrogens (tertiary/aromatic N) is 5. The van der Waals surface area contributed by atoms with Crippen LogP contribution >= 0.6 is 0 Å². The van der Waals surface area contributed by atoms with E-state index in [9.17, 15) is 0 Å². The predicted octanol–water partition coefficient (Wildman–Crippen LogP) is 3.55. The standard InChI is InChI=1S/C19H18N6O/c1-13-8-15(6-7-18(13)25-12-20-11-22-25)10-21-17-5-3-4-16(9-17)19-23-14(2)26-24-19/h3-9,11-12,21H,10H2,1-2H3. The van der Waals surface area contributed by atoms with Crippen LogP contribution in [0.2, 0.25) is 0 Å². The molecule has 0 aliphatic rings. The van der Waals surface area contributed by atoms with Gasteiger partial charge >= 0.3 is 0 Å². The molecular weight excluding hydrogens is 328 g/mol. The van der Waals surface area contributed by atoms with Crippen LogP contribution in [0.1, 0.15) is 17.0 Å². The predicted molar refractivity (Wildman–Crippen MR) is 97.9 cm³/mol. The van der Waals surface area contributed by atoms with Gasteiger partial charge in [0.2, 0.25) is 11.7 Å². The van der Waals surface area contributed by atoms with E-state index in [2.05, 4.69) is 50.7 Å². The molecule has 7 heteroatoms. The van der Waals surface area contributed by atoms with Gasteiger partial charge < -0.3 is 9.84 Å². The number of nitrogens with one attached hydrogen (secondary N) is 1. The van der Waals surface area contributed by atoms with E-state index in [1.165, 1.54) is 11.9 Å². The number of aromatic nitrogens is 5. The number of aryl methyl sites for hydroxylation is 2. The van der Waals surface area contributed by atoms with Gasteiger partial charge in [0.1, 0.15) is 12.7 Å². The molecule has 2 aromatic carbocycles. The third kappa shape index (κ3) is 3.32. The number of anilines is 1. The van der Waals surface area contributed by atoms with Crippen LogP contribution in [-0.2, 0) is 6.54 Å². The first-order valence-electron chi connectivity index (χ1n) is 8.28. The van der Waals surface area contributed by atoms with Crippen molar-refractivity contribution in [1.82, 2.24) is 24.9 Å². The summed E-state index contributed by atoms with van der Waals surface area (Å²) in [5.74, 6) is 1.15. The van der Waals surface area contributed by atoms with Crippen LogP contribution in [-0.4, -0.2) is 24.9 Å². The van der Waals surface area contributed by atoms with E-state index in [1.54, 1.807) is 17.9 Å². The Morgan fingerprint density at radius 2 is 2.04 bits per heavy atom. The highest BCUT2D eigenvalue weighted by Gasteiger charge is 2.07. The van der Waals surface area contributed by atoms with Gasteiger partial charge in [-0.3, -0.25) is 0 Å². The lowest BCUT2D eigenvalue weighted by Gasteiger charge is -2.10. The Kier molecular flexibility index (Phi) is 4.18. The molecule has 0 radical (unpaired) electrons. The zero-order valence-corrected chi connectivity index (χ0v) is 14.5. The lowest BCUT2D eigenvalue weighted by atomic mass is 10.1. The molecule has 0 aliphatic heterocycles. The Labute approximate surface area is 150 Å². The third-order valence-corrected chi connectivity index (χ3v) is 4.07. The van der Waals surface area contributed by atoms with Gasteiger partial charge in [0.15, 0.2) is 0 Å². The van der Waals surface area contributed by atoms with Crippen molar-refractivity contribution >= 4 is 5.69 Å². The third-order valence-electron chi connectivity index (χ3n) is 4.07. The van der Waals surface area contributed by atoms with Gasteiger partial charge in [-0.05, 0) is 36.2 Å². The zero-order valence-electron chi connectivity index (χ0n) is 14.5. The minimum atomic E-state index is 0.557. The van der Waals surface area contributed by atoms with Gasteiger partial charge in [-0.25, -0.2) is 9.67 Å². The normalized spacial score (nSPS) is 10.8. The van der Waals surface area contributed by atoms with Crippen molar-refractivity contribution in [2.45, 2.75) is 20.4 Å². The summed E-state index contributed by atoms with van der Waals surface area (Å²) in [6.45, 7) is 4.57. The molecule has 4 aromatic rings. The second-order valence-corrected chi connectivity index (χ2v) is 6.03. The van der Waals surface area contributed by atoms with Crippen molar-refractivity contribution in [2.75, 3.05) is 5.32 Å². The SMILES string of the molecule is Cc1nc(-c2cccc(NCc3ccc(-n4cncn4)c(C)c3)c2)no1. The minimum absolute atomic E-state index is 0.557. The van der Waals surface area contributed by atoms with Crippen molar-refractivity contribution in [3.05, 3.63) is 72.1 Å². The fraction of sp³-hybridized carbons (Fsp3) is 0.158. The topological polar surface area (TPSA) is 81.7 Å². The molecule has 1 N–H and O–H groups in total. The molecule has 2 heterocycles. The summed E-state index contributed by atoms with van der Waals surface area (Å²) >= 11 is 0. The molecule has 0 spiro atoms. The summed E-state index contributed by atoms with van der Waals surface area (Å²) in [6.07, 6.45) is 3.23. The van der Waals surface area contributed by atoms with Crippen molar-refractivity contribution in [2.24, 2.45) is 0 Å². The molecule has 4 rings (SSSR count). The van der Waals surface area contributed by atoms with Gasteiger partial charge in [-0.1, -0.05) is 29.4 Å². The maximum atomic E-state index is 5.05. The van der Waals surface area contributed by atoms with E-state index in [0.29, 0.717) is 18.3 Å². The van der Waals surface area contributed by atoms with Crippen LogP contribution in [0, 0.1) is 13.8 Å². The van der Waals surface area contributed by atoms with Gasteiger partial charge in [-0.2, -0.15) is 10.1 Å². The molecule has 0 atom stereocenters. The van der Waals surface area contributed by atoms with Crippen LogP contribution < -0.4 is 5.32 Å². The summed E-state index contributed by atoms with van der Waals surface area (Å²) in [5.41, 5.74) is 5.28. The first-order valence-corrected chi connectivity index (χ1v) is 8.28. The molecule has 130 valence electrons. The molecule has 2 aromatic heterocycles. The van der Waals surface area contributed by atoms with Crippen LogP contribution in [0.25, 0.3) is 17.1 Å². The van der Waals surface area contributed by atoms with Gasteiger partial charge in [0.25, 0.3) is 0 Å². The highest BCUT2D eigenvalue weighted by molar-refractivity contribution is 5.62. The Balaban J connectivity index is 1.48. The Morgan fingerprint density at radius 1 is 1.12 bits per heavy atom. The van der Waals surface area contributed by atoms with Crippen molar-refractivity contribution in [3.63, 3.8) is 0 Å². The summed E-state index contributed by atoms with van der Waals surface area (Å²) in [6, 6.07) is 14.3. The number of benzene rings is 2. The van der Waals surface area contributed by atoms with Crippen LogP contribution in [0.5, 0.6) is 0 Å². The molecule has 0 saturated heterocycles. The van der Waals surface area contributed by atoms with Gasteiger partial charge in [-0.15, -0.1) is 0 Å². The van der Waals surface area contributed by atoms with E-state index in [1.807, 2.05) is 24.3 Å². The monoisotopic (exact) mass is 346 g/mol. The average molecular weight is 346 g/mol. The first kappa shape index (κ1) is 16.0. The smallest absolute Gasteiger partial charge is 0.223 e. The second-order valence-electron chi connectivity index (χ2n) is 6.03.